The zero-order chi connectivity index (χ0) is 64.3. The molecule has 92 heavy (non-hydrogen) atoms. The van der Waals surface area contributed by atoms with Crippen molar-refractivity contribution in [3.8, 4) is 0 Å². The standard InChI is InChI=1S/C72H62O20/c1-45(83-71-61(91-69(79)53-39-23-9-24-40-53)59(89-67(77)51-35-19-7-20-36-51)57(87-65(75)49-31-15-5-16-32-49)55(85-71)43-81-63(73)47-27-11-3-12-28-47)46(2)84-72-62(92-70(80)54-41-25-10-26-42-54)60(90-68(78)52-37-21-8-22-38-52)58(88-66(76)50-33-17-6-18-34-50)56(86-72)44-82-64(74)48-29-13-4-14-30-48/h3-42,45-46,55-62,71-72H,43-44H2,1-2H3/t45-,46-,55-,56-,57-,58-,59+,60+,61+,62+,71+,72+/m1/s1. The van der Waals surface area contributed by atoms with Crippen LogP contribution in [0.2, 0.25) is 0 Å². The molecule has 20 nitrogen and oxygen atoms in total. The van der Waals surface area contributed by atoms with Crippen molar-refractivity contribution in [1.82, 2.24) is 0 Å². The van der Waals surface area contributed by atoms with Gasteiger partial charge >= 0.3 is 47.8 Å². The van der Waals surface area contributed by atoms with E-state index >= 15 is 0 Å². The Morgan fingerprint density at radius 1 is 0.272 bits per heavy atom. The first-order valence-corrected chi connectivity index (χ1v) is 29.4. The van der Waals surface area contributed by atoms with E-state index in [2.05, 4.69) is 0 Å². The number of carbonyl (C=O) groups excluding carboxylic acids is 8. The van der Waals surface area contributed by atoms with E-state index < -0.39 is 135 Å². The van der Waals surface area contributed by atoms with Crippen LogP contribution < -0.4 is 0 Å². The summed E-state index contributed by atoms with van der Waals surface area (Å²) in [6.07, 6.45) is -20.0. The van der Waals surface area contributed by atoms with E-state index in [0.717, 1.165) is 0 Å². The van der Waals surface area contributed by atoms with Crippen molar-refractivity contribution in [2.24, 2.45) is 0 Å². The first-order valence-electron chi connectivity index (χ1n) is 29.4. The normalized spacial score (nSPS) is 21.5. The lowest BCUT2D eigenvalue weighted by molar-refractivity contribution is -0.334. The van der Waals surface area contributed by atoms with Crippen molar-refractivity contribution in [1.29, 1.82) is 0 Å². The van der Waals surface area contributed by atoms with Crippen LogP contribution in [0.1, 0.15) is 96.7 Å². The molecule has 0 radical (unpaired) electrons. The van der Waals surface area contributed by atoms with Crippen molar-refractivity contribution < 1.29 is 95.2 Å². The van der Waals surface area contributed by atoms with Crippen LogP contribution in [0.5, 0.6) is 0 Å². The third-order valence-electron chi connectivity index (χ3n) is 14.8. The molecule has 0 bridgehead atoms. The average molecular weight is 1250 g/mol. The number of rotatable bonds is 23. The second kappa shape index (κ2) is 31.2. The third kappa shape index (κ3) is 16.6. The van der Waals surface area contributed by atoms with Gasteiger partial charge in [0.1, 0.15) is 25.4 Å². The first kappa shape index (κ1) is 64.3. The van der Waals surface area contributed by atoms with E-state index in [-0.39, 0.29) is 44.5 Å². The highest BCUT2D eigenvalue weighted by Gasteiger charge is 2.56. The fraction of sp³-hybridized carbons (Fsp3) is 0.222. The molecule has 0 unspecified atom stereocenters. The summed E-state index contributed by atoms with van der Waals surface area (Å²) in [6, 6.07) is 63.0. The topological polar surface area (TPSA) is 247 Å². The van der Waals surface area contributed by atoms with Crippen molar-refractivity contribution in [2.45, 2.75) is 87.5 Å². The largest absolute Gasteiger partial charge is 0.459 e. The molecule has 0 aliphatic carbocycles. The molecular weight excluding hydrogens is 1180 g/mol. The van der Waals surface area contributed by atoms with Gasteiger partial charge in [-0.1, -0.05) is 146 Å². The number of hydrogen-bond acceptors (Lipinski definition) is 20. The summed E-state index contributed by atoms with van der Waals surface area (Å²) >= 11 is 0. The van der Waals surface area contributed by atoms with Crippen LogP contribution >= 0.6 is 0 Å². The fourth-order valence-electron chi connectivity index (χ4n) is 9.92. The lowest BCUT2D eigenvalue weighted by Crippen LogP contribution is -2.64. The third-order valence-corrected chi connectivity index (χ3v) is 14.8. The molecule has 470 valence electrons. The Labute approximate surface area is 528 Å². The van der Waals surface area contributed by atoms with Crippen molar-refractivity contribution in [2.75, 3.05) is 13.2 Å². The highest BCUT2D eigenvalue weighted by molar-refractivity contribution is 5.93. The van der Waals surface area contributed by atoms with Gasteiger partial charge in [-0.15, -0.1) is 0 Å². The highest BCUT2D eigenvalue weighted by atomic mass is 16.8. The SMILES string of the molecule is C[C@@H](O[C@H]1O[C@H](COC(=O)c2ccccc2)[C@@H](OC(=O)c2ccccc2)[C@H](OC(=O)c2ccccc2)[C@@H]1OC(=O)c1ccccc1)[C@@H](C)O[C@H]1O[C@H](COC(=O)c2ccccc2)[C@@H](OC(=O)c2ccccc2)[C@H](OC(=O)c2ccccc2)[C@@H]1OC(=O)c1ccccc1. The molecule has 2 aliphatic heterocycles. The van der Waals surface area contributed by atoms with Crippen LogP contribution in [0.25, 0.3) is 0 Å². The molecule has 2 fully saturated rings. The Morgan fingerprint density at radius 3 is 0.674 bits per heavy atom. The van der Waals surface area contributed by atoms with Crippen LogP contribution in [0, 0.1) is 0 Å². The summed E-state index contributed by atoms with van der Waals surface area (Å²) in [4.78, 5) is 114. The molecule has 8 aromatic carbocycles. The van der Waals surface area contributed by atoms with Crippen molar-refractivity contribution >= 4 is 47.8 Å². The van der Waals surface area contributed by atoms with Gasteiger partial charge < -0.3 is 56.8 Å². The average Bonchev–Trinajstić information content (AvgIpc) is 0.872. The summed E-state index contributed by atoms with van der Waals surface area (Å²) in [5.41, 5.74) is 0.647. The predicted molar refractivity (Wildman–Crippen MR) is 326 cm³/mol. The molecule has 2 heterocycles. The minimum Gasteiger partial charge on any atom is -0.459 e. The van der Waals surface area contributed by atoms with Gasteiger partial charge in [-0.25, -0.2) is 38.4 Å². The van der Waals surface area contributed by atoms with Gasteiger partial charge in [-0.3, -0.25) is 0 Å². The summed E-state index contributed by atoms with van der Waals surface area (Å²) in [5, 5.41) is 0. The molecule has 0 amide bonds. The number of hydrogen-bond donors (Lipinski definition) is 0. The predicted octanol–water partition coefficient (Wildman–Crippen LogP) is 10.3. The fourth-order valence-corrected chi connectivity index (χ4v) is 9.92. The van der Waals surface area contributed by atoms with Gasteiger partial charge in [-0.05, 0) is 111 Å². The van der Waals surface area contributed by atoms with Gasteiger partial charge in [0.05, 0.1) is 56.7 Å². The Morgan fingerprint density at radius 2 is 0.457 bits per heavy atom. The van der Waals surface area contributed by atoms with Crippen LogP contribution in [-0.2, 0) is 56.8 Å². The quantitative estimate of drug-likeness (QED) is 0.0426. The Kier molecular flexibility index (Phi) is 21.8. The van der Waals surface area contributed by atoms with Crippen LogP contribution in [0.15, 0.2) is 243 Å². The monoisotopic (exact) mass is 1250 g/mol. The second-order valence-corrected chi connectivity index (χ2v) is 21.1. The van der Waals surface area contributed by atoms with E-state index in [1.54, 1.807) is 146 Å². The van der Waals surface area contributed by atoms with E-state index in [1.807, 2.05) is 0 Å². The van der Waals surface area contributed by atoms with Crippen LogP contribution in [0.3, 0.4) is 0 Å². The summed E-state index contributed by atoms with van der Waals surface area (Å²) in [7, 11) is 0. The van der Waals surface area contributed by atoms with Crippen molar-refractivity contribution in [3.63, 3.8) is 0 Å². The maximum atomic E-state index is 14.4. The summed E-state index contributed by atoms with van der Waals surface area (Å²) in [5.74, 6) is -7.27. The first-order chi connectivity index (χ1) is 44.8. The number of esters is 8. The maximum absolute atomic E-state index is 14.4. The van der Waals surface area contributed by atoms with E-state index in [9.17, 15) is 38.4 Å². The second-order valence-electron chi connectivity index (χ2n) is 21.1. The van der Waals surface area contributed by atoms with E-state index in [1.165, 1.54) is 111 Å². The van der Waals surface area contributed by atoms with Gasteiger partial charge in [0.25, 0.3) is 0 Å². The van der Waals surface area contributed by atoms with Gasteiger partial charge in [0.15, 0.2) is 49.2 Å². The molecular formula is C72H62O20. The smallest absolute Gasteiger partial charge is 0.338 e. The lowest BCUT2D eigenvalue weighted by Gasteiger charge is -2.46. The molecule has 2 saturated heterocycles. The minimum atomic E-state index is -1.82. The molecule has 0 saturated carbocycles. The van der Waals surface area contributed by atoms with Crippen molar-refractivity contribution in [3.05, 3.63) is 287 Å². The Balaban J connectivity index is 1.04. The molecule has 8 aromatic rings. The zero-order valence-electron chi connectivity index (χ0n) is 49.6. The van der Waals surface area contributed by atoms with Gasteiger partial charge in [0.2, 0.25) is 0 Å². The molecule has 2 aliphatic rings. The number of benzene rings is 8. The molecule has 20 heteroatoms. The Hall–Kier alpha value is -10.6. The number of carbonyl (C=O) groups is 8. The van der Waals surface area contributed by atoms with E-state index in [0.29, 0.717) is 0 Å². The maximum Gasteiger partial charge on any atom is 0.338 e. The minimum absolute atomic E-state index is 0.0469. The van der Waals surface area contributed by atoms with Gasteiger partial charge in [-0.2, -0.15) is 0 Å². The molecule has 10 rings (SSSR count). The highest BCUT2D eigenvalue weighted by Crippen LogP contribution is 2.36. The molecule has 0 spiro atoms. The Bertz CT molecular complexity index is 3510. The lowest BCUT2D eigenvalue weighted by atomic mass is 9.97. The van der Waals surface area contributed by atoms with Crippen LogP contribution in [-0.4, -0.2) is 135 Å². The molecule has 0 aromatic heterocycles. The van der Waals surface area contributed by atoms with Gasteiger partial charge in [0, 0.05) is 0 Å². The van der Waals surface area contributed by atoms with E-state index in [4.69, 9.17) is 56.8 Å². The zero-order valence-corrected chi connectivity index (χ0v) is 49.6. The number of ether oxygens (including phenoxy) is 12. The molecule has 0 N–H and O–H groups in total. The summed E-state index contributed by atoms with van der Waals surface area (Å²) in [6.45, 7) is 1.70. The molecule has 12 atom stereocenters. The summed E-state index contributed by atoms with van der Waals surface area (Å²) < 4.78 is 76.0. The van der Waals surface area contributed by atoms with Crippen LogP contribution in [0.4, 0.5) is 0 Å².